The van der Waals surface area contributed by atoms with Gasteiger partial charge in [-0.05, 0) is 44.0 Å². The lowest BCUT2D eigenvalue weighted by Gasteiger charge is -2.10. The Balaban J connectivity index is 1.98. The summed E-state index contributed by atoms with van der Waals surface area (Å²) in [5.41, 5.74) is 0.886. The number of esters is 1. The van der Waals surface area contributed by atoms with E-state index >= 15 is 0 Å². The molecule has 1 aromatic carbocycles. The Kier molecular flexibility index (Phi) is 5.06. The van der Waals surface area contributed by atoms with Crippen LogP contribution in [0.25, 0.3) is 0 Å². The van der Waals surface area contributed by atoms with Gasteiger partial charge in [-0.1, -0.05) is 13.0 Å². The highest BCUT2D eigenvalue weighted by atomic mass is 32.2. The van der Waals surface area contributed by atoms with Crippen molar-refractivity contribution >= 4 is 27.6 Å². The number of benzene rings is 1. The molecule has 1 amide bonds. The number of hydrogen-bond donors (Lipinski definition) is 2. The maximum atomic E-state index is 11.9. The molecule has 0 spiro atoms. The van der Waals surface area contributed by atoms with Crippen LogP contribution < -0.4 is 10.0 Å². The van der Waals surface area contributed by atoms with E-state index in [0.29, 0.717) is 17.2 Å². The van der Waals surface area contributed by atoms with Crippen LogP contribution in [0.15, 0.2) is 23.1 Å². The number of amides is 1. The molecule has 1 fully saturated rings. The Labute approximate surface area is 135 Å². The summed E-state index contributed by atoms with van der Waals surface area (Å²) in [6.45, 7) is 3.22. The molecule has 7 nitrogen and oxygen atoms in total. The summed E-state index contributed by atoms with van der Waals surface area (Å²) in [6.07, 6.45) is 0.795. The highest BCUT2D eigenvalue weighted by molar-refractivity contribution is 7.89. The van der Waals surface area contributed by atoms with Crippen LogP contribution in [0.4, 0.5) is 5.69 Å². The molecule has 2 N–H and O–H groups in total. The van der Waals surface area contributed by atoms with Gasteiger partial charge in [0.25, 0.3) is 5.91 Å². The van der Waals surface area contributed by atoms with E-state index in [1.54, 1.807) is 19.1 Å². The molecule has 0 saturated heterocycles. The van der Waals surface area contributed by atoms with Crippen molar-refractivity contribution < 1.29 is 22.7 Å². The van der Waals surface area contributed by atoms with E-state index in [4.69, 9.17) is 4.74 Å². The van der Waals surface area contributed by atoms with Crippen LogP contribution in [0.2, 0.25) is 0 Å². The minimum atomic E-state index is -3.61. The van der Waals surface area contributed by atoms with Crippen LogP contribution >= 0.6 is 0 Å². The first-order valence-corrected chi connectivity index (χ1v) is 8.73. The number of aryl methyl sites for hydroxylation is 1. The normalized spacial score (nSPS) is 20.0. The van der Waals surface area contributed by atoms with Crippen molar-refractivity contribution in [2.45, 2.75) is 25.2 Å². The molecule has 0 radical (unpaired) electrons. The lowest BCUT2D eigenvalue weighted by atomic mass is 10.2. The third-order valence-electron chi connectivity index (χ3n) is 3.79. The Morgan fingerprint density at radius 1 is 1.35 bits per heavy atom. The molecule has 2 atom stereocenters. The van der Waals surface area contributed by atoms with Crippen molar-refractivity contribution in [3.63, 3.8) is 0 Å². The SMILES string of the molecule is CNS(=O)(=O)c1cc(NC(=O)COC(=O)[C@@H]2C[C@@H]2C)ccc1C. The maximum Gasteiger partial charge on any atom is 0.309 e. The van der Waals surface area contributed by atoms with Gasteiger partial charge in [-0.15, -0.1) is 0 Å². The van der Waals surface area contributed by atoms with Crippen LogP contribution in [-0.2, 0) is 24.3 Å². The minimum absolute atomic E-state index is 0.0848. The molecule has 1 aliphatic rings. The molecule has 1 aromatic rings. The topological polar surface area (TPSA) is 102 Å². The Morgan fingerprint density at radius 2 is 2.00 bits per heavy atom. The second-order valence-electron chi connectivity index (χ2n) is 5.66. The average Bonchev–Trinajstić information content (AvgIpc) is 3.23. The number of hydrogen-bond acceptors (Lipinski definition) is 5. The maximum absolute atomic E-state index is 11.9. The number of rotatable bonds is 6. The van der Waals surface area contributed by atoms with E-state index in [1.165, 1.54) is 13.1 Å². The first kappa shape index (κ1) is 17.4. The smallest absolute Gasteiger partial charge is 0.309 e. The van der Waals surface area contributed by atoms with Crippen LogP contribution in [-0.4, -0.2) is 33.9 Å². The number of anilines is 1. The molecule has 1 saturated carbocycles. The van der Waals surface area contributed by atoms with E-state index in [9.17, 15) is 18.0 Å². The van der Waals surface area contributed by atoms with Crippen molar-refractivity contribution in [2.24, 2.45) is 11.8 Å². The van der Waals surface area contributed by atoms with Gasteiger partial charge in [0.05, 0.1) is 10.8 Å². The molecule has 8 heteroatoms. The summed E-state index contributed by atoms with van der Waals surface area (Å²) in [4.78, 5) is 23.4. The van der Waals surface area contributed by atoms with Crippen molar-refractivity contribution in [1.29, 1.82) is 0 Å². The predicted molar refractivity (Wildman–Crippen MR) is 84.3 cm³/mol. The summed E-state index contributed by atoms with van der Waals surface area (Å²) >= 11 is 0. The van der Waals surface area contributed by atoms with Gasteiger partial charge in [0.15, 0.2) is 6.61 Å². The van der Waals surface area contributed by atoms with E-state index in [0.717, 1.165) is 6.42 Å². The minimum Gasteiger partial charge on any atom is -0.455 e. The van der Waals surface area contributed by atoms with E-state index in [1.807, 2.05) is 6.92 Å². The molecule has 0 unspecified atom stereocenters. The van der Waals surface area contributed by atoms with E-state index < -0.39 is 15.9 Å². The van der Waals surface area contributed by atoms with Crippen molar-refractivity contribution in [2.75, 3.05) is 19.0 Å². The van der Waals surface area contributed by atoms with Crippen molar-refractivity contribution in [1.82, 2.24) is 4.72 Å². The lowest BCUT2D eigenvalue weighted by molar-refractivity contribution is -0.148. The molecule has 2 rings (SSSR count). The van der Waals surface area contributed by atoms with Gasteiger partial charge in [0.2, 0.25) is 10.0 Å². The summed E-state index contributed by atoms with van der Waals surface area (Å²) in [5, 5.41) is 2.52. The number of carbonyl (C=O) groups is 2. The average molecular weight is 340 g/mol. The van der Waals surface area contributed by atoms with E-state index in [-0.39, 0.29) is 23.4 Å². The van der Waals surface area contributed by atoms with Gasteiger partial charge in [0, 0.05) is 5.69 Å². The summed E-state index contributed by atoms with van der Waals surface area (Å²) < 4.78 is 31.0. The van der Waals surface area contributed by atoms with Crippen LogP contribution in [0, 0.1) is 18.8 Å². The fraction of sp³-hybridized carbons (Fsp3) is 0.467. The number of carbonyl (C=O) groups excluding carboxylic acids is 2. The Morgan fingerprint density at radius 3 is 2.57 bits per heavy atom. The molecule has 0 aliphatic heterocycles. The first-order chi connectivity index (χ1) is 10.7. The van der Waals surface area contributed by atoms with Gasteiger partial charge < -0.3 is 10.1 Å². The number of sulfonamides is 1. The standard InChI is InChI=1S/C15H20N2O5S/c1-9-4-5-11(7-13(9)23(20,21)16-3)17-14(18)8-22-15(19)12-6-10(12)2/h4-5,7,10,12,16H,6,8H2,1-3H3,(H,17,18)/t10-,12+/m0/s1. The third-order valence-corrected chi connectivity index (χ3v) is 5.34. The van der Waals surface area contributed by atoms with Gasteiger partial charge in [-0.25, -0.2) is 13.1 Å². The molecular formula is C15H20N2O5S. The Bertz CT molecular complexity index is 729. The van der Waals surface area contributed by atoms with Crippen LogP contribution in [0.3, 0.4) is 0 Å². The lowest BCUT2D eigenvalue weighted by Crippen LogP contribution is -2.23. The molecule has 1 aliphatic carbocycles. The zero-order valence-electron chi connectivity index (χ0n) is 13.3. The molecule has 0 aromatic heterocycles. The number of ether oxygens (including phenoxy) is 1. The molecule has 0 heterocycles. The van der Waals surface area contributed by atoms with Gasteiger partial charge in [-0.2, -0.15) is 0 Å². The molecular weight excluding hydrogens is 320 g/mol. The van der Waals surface area contributed by atoms with Gasteiger partial charge in [-0.3, -0.25) is 9.59 Å². The summed E-state index contributed by atoms with van der Waals surface area (Å²) in [5.74, 6) is -0.662. The fourth-order valence-corrected chi connectivity index (χ4v) is 3.16. The second kappa shape index (κ2) is 6.67. The zero-order valence-corrected chi connectivity index (χ0v) is 14.1. The highest BCUT2D eigenvalue weighted by Crippen LogP contribution is 2.38. The van der Waals surface area contributed by atoms with Crippen LogP contribution in [0.1, 0.15) is 18.9 Å². The van der Waals surface area contributed by atoms with Gasteiger partial charge >= 0.3 is 5.97 Å². The highest BCUT2D eigenvalue weighted by Gasteiger charge is 2.40. The third kappa shape index (κ3) is 4.29. The molecule has 0 bridgehead atoms. The quantitative estimate of drug-likeness (QED) is 0.754. The first-order valence-electron chi connectivity index (χ1n) is 7.25. The summed E-state index contributed by atoms with van der Waals surface area (Å²) in [6, 6.07) is 4.55. The van der Waals surface area contributed by atoms with Crippen LogP contribution in [0.5, 0.6) is 0 Å². The largest absolute Gasteiger partial charge is 0.455 e. The Hall–Kier alpha value is -1.93. The van der Waals surface area contributed by atoms with Crippen molar-refractivity contribution in [3.8, 4) is 0 Å². The predicted octanol–water partition coefficient (Wildman–Crippen LogP) is 1.04. The van der Waals surface area contributed by atoms with E-state index in [2.05, 4.69) is 10.0 Å². The molecule has 126 valence electrons. The number of nitrogens with one attached hydrogen (secondary N) is 2. The van der Waals surface area contributed by atoms with Gasteiger partial charge in [0.1, 0.15) is 0 Å². The summed E-state index contributed by atoms with van der Waals surface area (Å²) in [7, 11) is -2.29. The molecule has 23 heavy (non-hydrogen) atoms. The fourth-order valence-electron chi connectivity index (χ4n) is 2.17. The zero-order chi connectivity index (χ0) is 17.2. The monoisotopic (exact) mass is 340 g/mol. The van der Waals surface area contributed by atoms with Crippen molar-refractivity contribution in [3.05, 3.63) is 23.8 Å². The second-order valence-corrected chi connectivity index (χ2v) is 7.52.